The van der Waals surface area contributed by atoms with E-state index in [1.54, 1.807) is 22.7 Å². The molecule has 5 aromatic heterocycles. The van der Waals surface area contributed by atoms with E-state index in [2.05, 4.69) is 211 Å². The first kappa shape index (κ1) is 38.2. The quantitative estimate of drug-likeness (QED) is 0.176. The Hall–Kier alpha value is -8.75. The molecule has 0 fully saturated rings. The van der Waals surface area contributed by atoms with Crippen molar-refractivity contribution in [1.29, 1.82) is 0 Å². The molecule has 0 saturated heterocycles. The second-order valence-electron chi connectivity index (χ2n) is 18.3. The summed E-state index contributed by atoms with van der Waals surface area (Å²) in [5.74, 6) is 1.83. The Labute approximate surface area is 406 Å². The fraction of sp³-hybridized carbons (Fsp3) is 0. The molecule has 0 aliphatic carbocycles. The lowest BCUT2D eigenvalue weighted by Gasteiger charge is -2.14. The largest absolute Gasteiger partial charge is 0.456 e. The highest BCUT2D eigenvalue weighted by molar-refractivity contribution is 7.26. The maximum atomic E-state index is 7.06. The van der Waals surface area contributed by atoms with Gasteiger partial charge < -0.3 is 8.98 Å². The summed E-state index contributed by atoms with van der Waals surface area (Å²) >= 11 is 3.57. The van der Waals surface area contributed by atoms with Gasteiger partial charge in [-0.25, -0.2) is 15.0 Å². The summed E-state index contributed by atoms with van der Waals surface area (Å²) in [5, 5.41) is 16.4. The highest BCUT2D eigenvalue weighted by Crippen LogP contribution is 2.46. The van der Waals surface area contributed by atoms with E-state index >= 15 is 0 Å². The average Bonchev–Trinajstić information content (AvgIpc) is 4.17. The molecule has 0 N–H and O–H groups in total. The van der Waals surface area contributed by atoms with Crippen LogP contribution in [0.5, 0.6) is 0 Å². The topological polar surface area (TPSA) is 56.7 Å². The van der Waals surface area contributed by atoms with E-state index in [1.807, 2.05) is 0 Å². The first-order valence-corrected chi connectivity index (χ1v) is 25.1. The van der Waals surface area contributed by atoms with Crippen molar-refractivity contribution in [3.63, 3.8) is 0 Å². The average molecular weight is 927 g/mol. The van der Waals surface area contributed by atoms with Crippen LogP contribution in [-0.4, -0.2) is 19.5 Å². The summed E-state index contributed by atoms with van der Waals surface area (Å²) in [5.41, 5.74) is 7.60. The second kappa shape index (κ2) is 14.4. The zero-order valence-electron chi connectivity index (χ0n) is 37.1. The summed E-state index contributed by atoms with van der Waals surface area (Å²) in [6, 6.07) is 74.4. The van der Waals surface area contributed by atoms with Crippen molar-refractivity contribution in [1.82, 2.24) is 19.5 Å². The van der Waals surface area contributed by atoms with Crippen molar-refractivity contribution in [3.05, 3.63) is 206 Å². The van der Waals surface area contributed by atoms with Crippen LogP contribution in [0.4, 0.5) is 0 Å². The van der Waals surface area contributed by atoms with Crippen molar-refractivity contribution in [3.8, 4) is 39.9 Å². The molecule has 0 radical (unpaired) electrons. The van der Waals surface area contributed by atoms with Gasteiger partial charge in [0, 0.05) is 73.2 Å². The van der Waals surface area contributed by atoms with Crippen molar-refractivity contribution >= 4 is 139 Å². The maximum Gasteiger partial charge on any atom is 0.165 e. The lowest BCUT2D eigenvalue weighted by molar-refractivity contribution is 0.669. The van der Waals surface area contributed by atoms with Gasteiger partial charge in [-0.05, 0) is 105 Å². The Morgan fingerprint density at radius 1 is 0.343 bits per heavy atom. The molecule has 0 bridgehead atoms. The highest BCUT2D eigenvalue weighted by Gasteiger charge is 2.24. The van der Waals surface area contributed by atoms with Gasteiger partial charge in [0.25, 0.3) is 0 Å². The number of hydrogen-bond donors (Lipinski definition) is 0. The van der Waals surface area contributed by atoms with Gasteiger partial charge in [-0.15, -0.1) is 22.7 Å². The summed E-state index contributed by atoms with van der Waals surface area (Å²) < 4.78 is 14.3. The van der Waals surface area contributed by atoms with Crippen LogP contribution in [0.3, 0.4) is 0 Å². The van der Waals surface area contributed by atoms with E-state index in [0.29, 0.717) is 17.5 Å². The fourth-order valence-electron chi connectivity index (χ4n) is 11.1. The van der Waals surface area contributed by atoms with E-state index in [9.17, 15) is 0 Å². The van der Waals surface area contributed by atoms with Crippen LogP contribution < -0.4 is 0 Å². The molecular weight excluding hydrogens is 893 g/mol. The van der Waals surface area contributed by atoms with Crippen LogP contribution in [0.25, 0.3) is 156 Å². The molecule has 0 amide bonds. The molecule has 16 aromatic rings. The van der Waals surface area contributed by atoms with E-state index in [-0.39, 0.29) is 0 Å². The van der Waals surface area contributed by atoms with Gasteiger partial charge >= 0.3 is 0 Å². The normalized spacial score (nSPS) is 12.3. The molecule has 324 valence electrons. The number of thiophene rings is 2. The number of fused-ring (bicyclic) bond motifs is 15. The Balaban J connectivity index is 1.04. The molecule has 70 heavy (non-hydrogen) atoms. The minimum atomic E-state index is 0.571. The Kier molecular flexibility index (Phi) is 7.86. The van der Waals surface area contributed by atoms with E-state index < -0.39 is 0 Å². The molecule has 0 atom stereocenters. The number of rotatable bonds is 4. The summed E-state index contributed by atoms with van der Waals surface area (Å²) in [4.78, 5) is 16.5. The van der Waals surface area contributed by atoms with Crippen LogP contribution >= 0.6 is 22.7 Å². The van der Waals surface area contributed by atoms with Crippen LogP contribution in [0.1, 0.15) is 0 Å². The van der Waals surface area contributed by atoms with Crippen LogP contribution in [0, 0.1) is 0 Å². The Morgan fingerprint density at radius 3 is 1.33 bits per heavy atom. The van der Waals surface area contributed by atoms with Gasteiger partial charge in [0.05, 0.1) is 22.1 Å². The van der Waals surface area contributed by atoms with E-state index in [1.165, 1.54) is 63.3 Å². The molecule has 11 aromatic carbocycles. The molecule has 16 rings (SSSR count). The number of hydrogen-bond acceptors (Lipinski definition) is 6. The third kappa shape index (κ3) is 5.55. The van der Waals surface area contributed by atoms with E-state index in [0.717, 1.165) is 75.5 Å². The summed E-state index contributed by atoms with van der Waals surface area (Å²) in [6.07, 6.45) is 0. The van der Waals surface area contributed by atoms with E-state index in [4.69, 9.17) is 19.4 Å². The Bertz CT molecular complexity index is 4690. The first-order chi connectivity index (χ1) is 34.6. The fourth-order valence-corrected chi connectivity index (χ4v) is 13.5. The van der Waals surface area contributed by atoms with Crippen LogP contribution in [0.2, 0.25) is 0 Å². The van der Waals surface area contributed by atoms with Crippen LogP contribution in [-0.2, 0) is 0 Å². The predicted molar refractivity (Wildman–Crippen MR) is 296 cm³/mol. The second-order valence-corrected chi connectivity index (χ2v) is 20.4. The molecule has 5 nitrogen and oxygen atoms in total. The lowest BCUT2D eigenvalue weighted by Crippen LogP contribution is -2.02. The standard InChI is InChI=1S/C63H34N4OS2/c1-4-16-38-30-51-48(27-35(38)13-1)49-28-36-14-2-5-17-39(36)31-52(49)67(51)53-32-41(34-55-58(53)50-29-37-15-3-6-18-40(37)33-54(50)68-55)61-64-62(46-23-11-21-44-42-19-7-9-25-56(42)69-59(44)46)66-63(65-61)47-24-12-22-45-43-20-8-10-26-57(43)70-60(45)47/h1-34H. The molecule has 5 heterocycles. The van der Waals surface area contributed by atoms with Crippen molar-refractivity contribution < 1.29 is 4.42 Å². The molecule has 0 saturated carbocycles. The van der Waals surface area contributed by atoms with Crippen molar-refractivity contribution in [2.24, 2.45) is 0 Å². The summed E-state index contributed by atoms with van der Waals surface area (Å²) in [7, 11) is 0. The molecule has 0 spiro atoms. The van der Waals surface area contributed by atoms with Gasteiger partial charge in [-0.2, -0.15) is 0 Å². The van der Waals surface area contributed by atoms with Gasteiger partial charge in [0.2, 0.25) is 0 Å². The first-order valence-electron chi connectivity index (χ1n) is 23.5. The number of furan rings is 1. The van der Waals surface area contributed by atoms with Crippen molar-refractivity contribution in [2.45, 2.75) is 0 Å². The Morgan fingerprint density at radius 2 is 0.786 bits per heavy atom. The van der Waals surface area contributed by atoms with Crippen molar-refractivity contribution in [2.75, 3.05) is 0 Å². The molecular formula is C63H34N4OS2. The smallest absolute Gasteiger partial charge is 0.165 e. The SMILES string of the molecule is c1ccc2cc3c(cc2c1)oc1cc(-c2nc(-c4cccc5c4sc4ccccc45)nc(-c4cccc5c4sc4ccccc45)n2)cc(-n2c4cc5ccccc5cc4c4cc5ccccc5cc42)c13. The maximum absolute atomic E-state index is 7.06. The zero-order valence-corrected chi connectivity index (χ0v) is 38.8. The van der Waals surface area contributed by atoms with Crippen LogP contribution in [0.15, 0.2) is 211 Å². The number of benzene rings is 11. The third-order valence-electron chi connectivity index (χ3n) is 14.3. The summed E-state index contributed by atoms with van der Waals surface area (Å²) in [6.45, 7) is 0. The molecule has 0 unspecified atom stereocenters. The van der Waals surface area contributed by atoms with Gasteiger partial charge in [0.15, 0.2) is 17.5 Å². The van der Waals surface area contributed by atoms with Gasteiger partial charge in [-0.3, -0.25) is 0 Å². The lowest BCUT2D eigenvalue weighted by atomic mass is 10.0. The molecule has 0 aliphatic heterocycles. The third-order valence-corrected chi connectivity index (χ3v) is 16.8. The predicted octanol–water partition coefficient (Wildman–Crippen LogP) is 18.1. The minimum absolute atomic E-state index is 0.571. The van der Waals surface area contributed by atoms with Gasteiger partial charge in [0.1, 0.15) is 11.2 Å². The minimum Gasteiger partial charge on any atom is -0.456 e. The zero-order chi connectivity index (χ0) is 45.6. The molecule has 0 aliphatic rings. The molecule has 7 heteroatoms. The number of aromatic nitrogens is 4. The van der Waals surface area contributed by atoms with Gasteiger partial charge in [-0.1, -0.05) is 133 Å². The monoisotopic (exact) mass is 926 g/mol. The highest BCUT2D eigenvalue weighted by atomic mass is 32.1. The number of nitrogens with zero attached hydrogens (tertiary/aromatic N) is 4.